The van der Waals surface area contributed by atoms with Crippen LogP contribution in [-0.4, -0.2) is 11.7 Å². The molecule has 84 valence electrons. The van der Waals surface area contributed by atoms with Gasteiger partial charge in [-0.2, -0.15) is 13.2 Å². The van der Waals surface area contributed by atoms with E-state index >= 15 is 0 Å². The van der Waals surface area contributed by atoms with Gasteiger partial charge in [-0.3, -0.25) is 0 Å². The average molecular weight is 221 g/mol. The zero-order chi connectivity index (χ0) is 11.5. The van der Waals surface area contributed by atoms with E-state index in [1.54, 1.807) is 0 Å². The van der Waals surface area contributed by atoms with Gasteiger partial charge in [-0.25, -0.2) is 0 Å². The molecule has 0 amide bonds. The topological polar surface area (TPSA) is 3.24 Å². The van der Waals surface area contributed by atoms with Crippen LogP contribution in [0.25, 0.3) is 0 Å². The van der Waals surface area contributed by atoms with E-state index in [2.05, 4.69) is 0 Å². The van der Waals surface area contributed by atoms with Crippen LogP contribution >= 0.6 is 0 Å². The van der Waals surface area contributed by atoms with E-state index in [1.165, 1.54) is 25.1 Å². The van der Waals surface area contributed by atoms with E-state index < -0.39 is 11.7 Å². The summed E-state index contributed by atoms with van der Waals surface area (Å²) >= 11 is 0. The van der Waals surface area contributed by atoms with Crippen LogP contribution < -0.4 is 0 Å². The van der Waals surface area contributed by atoms with Crippen LogP contribution in [-0.2, 0) is 12.7 Å². The first-order chi connectivity index (χ1) is 6.95. The van der Waals surface area contributed by atoms with Crippen molar-refractivity contribution in [2.45, 2.75) is 19.6 Å². The third-order valence-corrected chi connectivity index (χ3v) is 2.01. The van der Waals surface area contributed by atoms with Crippen molar-refractivity contribution in [2.24, 2.45) is 0 Å². The van der Waals surface area contributed by atoms with Crippen LogP contribution in [0.15, 0.2) is 24.3 Å². The van der Waals surface area contributed by atoms with Crippen molar-refractivity contribution in [3.05, 3.63) is 35.4 Å². The Kier molecular flexibility index (Phi) is 3.68. The highest BCUT2D eigenvalue weighted by Crippen LogP contribution is 2.32. The van der Waals surface area contributed by atoms with E-state index in [9.17, 15) is 17.7 Å². The maximum Gasteiger partial charge on any atom is 0.416 e. The maximum atomic E-state index is 12.9. The summed E-state index contributed by atoms with van der Waals surface area (Å²) in [5.74, 6) is 0. The number of alkyl halides is 3. The van der Waals surface area contributed by atoms with Gasteiger partial charge >= 0.3 is 6.18 Å². The zero-order valence-corrected chi connectivity index (χ0v) is 8.18. The maximum absolute atomic E-state index is 12.9. The van der Waals surface area contributed by atoms with Crippen molar-refractivity contribution in [3.63, 3.8) is 0 Å². The van der Waals surface area contributed by atoms with E-state index in [4.69, 9.17) is 0 Å². The van der Waals surface area contributed by atoms with E-state index in [0.717, 1.165) is 6.07 Å². The van der Waals surface area contributed by atoms with Crippen LogP contribution in [0, 0.1) is 0 Å². The van der Waals surface area contributed by atoms with Gasteiger partial charge in [0.2, 0.25) is 0 Å². The molecule has 0 aromatic heterocycles. The fourth-order valence-electron chi connectivity index (χ4n) is 1.23. The summed E-state index contributed by atoms with van der Waals surface area (Å²) in [5, 5.41) is 0.338. The molecule has 0 radical (unpaired) electrons. The predicted octanol–water partition coefficient (Wildman–Crippen LogP) is 3.41. The first-order valence-corrected chi connectivity index (χ1v) is 4.51. The van der Waals surface area contributed by atoms with Crippen molar-refractivity contribution in [3.8, 4) is 0 Å². The molecule has 0 heterocycles. The second-order valence-electron chi connectivity index (χ2n) is 3.09. The lowest BCUT2D eigenvalue weighted by molar-refractivity contribution is -0.138. The molecule has 0 unspecified atom stereocenters. The van der Waals surface area contributed by atoms with Crippen LogP contribution in [0.5, 0.6) is 0 Å². The van der Waals surface area contributed by atoms with Gasteiger partial charge in [-0.15, -0.1) is 9.60 Å². The third kappa shape index (κ3) is 3.20. The van der Waals surface area contributed by atoms with Gasteiger partial charge in [0.1, 0.15) is 0 Å². The van der Waals surface area contributed by atoms with Gasteiger partial charge in [-0.1, -0.05) is 18.2 Å². The number of benzene rings is 1. The van der Waals surface area contributed by atoms with Crippen LogP contribution in [0.3, 0.4) is 0 Å². The largest absolute Gasteiger partial charge is 0.416 e. The number of halogens is 4. The molecule has 0 bridgehead atoms. The second kappa shape index (κ2) is 4.61. The lowest BCUT2D eigenvalue weighted by atomic mass is 10.1. The van der Waals surface area contributed by atoms with Gasteiger partial charge in [0.25, 0.3) is 0 Å². The number of rotatable bonds is 3. The molecule has 1 rings (SSSR count). The molecule has 0 aliphatic rings. The van der Waals surface area contributed by atoms with Crippen molar-refractivity contribution in [2.75, 3.05) is 6.54 Å². The van der Waals surface area contributed by atoms with Gasteiger partial charge in [0.15, 0.2) is 0 Å². The Morgan fingerprint density at radius 3 is 2.33 bits per heavy atom. The molecule has 0 saturated heterocycles. The van der Waals surface area contributed by atoms with Crippen LogP contribution in [0.4, 0.5) is 17.7 Å². The molecule has 0 atom stereocenters. The second-order valence-corrected chi connectivity index (χ2v) is 3.09. The summed E-state index contributed by atoms with van der Waals surface area (Å²) in [4.78, 5) is 0. The van der Waals surface area contributed by atoms with Crippen molar-refractivity contribution >= 4 is 0 Å². The molecular weight excluding hydrogens is 210 g/mol. The van der Waals surface area contributed by atoms with Crippen LogP contribution in [0.1, 0.15) is 18.1 Å². The minimum absolute atomic E-state index is 0.0469. The molecule has 1 aromatic carbocycles. The normalized spacial score (nSPS) is 12.1. The summed E-state index contributed by atoms with van der Waals surface area (Å²) in [6, 6.07) is 5.00. The Labute approximate surface area is 85.2 Å². The van der Waals surface area contributed by atoms with E-state index in [-0.39, 0.29) is 18.7 Å². The van der Waals surface area contributed by atoms with E-state index in [1.807, 2.05) is 0 Å². The quantitative estimate of drug-likeness (QED) is 0.558. The SMILES string of the molecule is CCN(F)Cc1ccccc1C(F)(F)F. The summed E-state index contributed by atoms with van der Waals surface area (Å²) in [6.07, 6.45) is -4.43. The highest BCUT2D eigenvalue weighted by atomic mass is 19.4. The monoisotopic (exact) mass is 221 g/mol. The number of hydrogen-bond donors (Lipinski definition) is 0. The van der Waals surface area contributed by atoms with Crippen molar-refractivity contribution in [1.29, 1.82) is 0 Å². The summed E-state index contributed by atoms with van der Waals surface area (Å²) in [5.41, 5.74) is -0.824. The molecule has 15 heavy (non-hydrogen) atoms. The molecule has 0 aliphatic heterocycles. The van der Waals surface area contributed by atoms with Gasteiger partial charge in [0, 0.05) is 6.54 Å². The average Bonchev–Trinajstić information content (AvgIpc) is 2.17. The molecule has 0 spiro atoms. The summed E-state index contributed by atoms with van der Waals surface area (Å²) in [7, 11) is 0. The fourth-order valence-corrected chi connectivity index (χ4v) is 1.23. The third-order valence-electron chi connectivity index (χ3n) is 2.01. The van der Waals surface area contributed by atoms with E-state index in [0.29, 0.717) is 5.12 Å². The van der Waals surface area contributed by atoms with Crippen molar-refractivity contribution in [1.82, 2.24) is 5.12 Å². The molecule has 1 nitrogen and oxygen atoms in total. The molecule has 0 saturated carbocycles. The Balaban J connectivity index is 2.97. The Morgan fingerprint density at radius 1 is 1.20 bits per heavy atom. The zero-order valence-electron chi connectivity index (χ0n) is 8.18. The number of nitrogens with zero attached hydrogens (tertiary/aromatic N) is 1. The lowest BCUT2D eigenvalue weighted by Gasteiger charge is -2.15. The molecular formula is C10H11F4N. The molecule has 5 heteroatoms. The number of hydrogen-bond acceptors (Lipinski definition) is 1. The summed E-state index contributed by atoms with van der Waals surface area (Å²) < 4.78 is 50.2. The van der Waals surface area contributed by atoms with Gasteiger partial charge in [-0.05, 0) is 18.6 Å². The van der Waals surface area contributed by atoms with Gasteiger partial charge in [0.05, 0.1) is 12.1 Å². The predicted molar refractivity (Wildman–Crippen MR) is 48.6 cm³/mol. The summed E-state index contributed by atoms with van der Waals surface area (Å²) in [6.45, 7) is 1.26. The minimum atomic E-state index is -4.43. The van der Waals surface area contributed by atoms with Gasteiger partial charge < -0.3 is 0 Å². The lowest BCUT2D eigenvalue weighted by Crippen LogP contribution is -2.16. The van der Waals surface area contributed by atoms with Crippen molar-refractivity contribution < 1.29 is 17.7 Å². The first kappa shape index (κ1) is 12.0. The first-order valence-electron chi connectivity index (χ1n) is 4.51. The standard InChI is InChI=1S/C10H11F4N/c1-2-15(14)7-8-5-3-4-6-9(8)10(11,12)13/h3-6H,2,7H2,1H3. The Hall–Kier alpha value is -1.10. The van der Waals surface area contributed by atoms with Crippen LogP contribution in [0.2, 0.25) is 0 Å². The fraction of sp³-hybridized carbons (Fsp3) is 0.400. The molecule has 0 N–H and O–H groups in total. The Morgan fingerprint density at radius 2 is 1.80 bits per heavy atom. The highest BCUT2D eigenvalue weighted by Gasteiger charge is 2.33. The highest BCUT2D eigenvalue weighted by molar-refractivity contribution is 5.29. The minimum Gasteiger partial charge on any atom is -0.166 e. The molecule has 0 aliphatic carbocycles. The smallest absolute Gasteiger partial charge is 0.166 e. The molecule has 1 aromatic rings. The molecule has 0 fully saturated rings. The Bertz CT molecular complexity index is 321.